The third-order valence-electron chi connectivity index (χ3n) is 3.32. The zero-order valence-corrected chi connectivity index (χ0v) is 13.9. The fraction of sp³-hybridized carbons (Fsp3) is 0.600. The lowest BCUT2D eigenvalue weighted by Crippen LogP contribution is -2.26. The van der Waals surface area contributed by atoms with E-state index in [2.05, 4.69) is 16.9 Å². The zero-order valence-electron chi connectivity index (χ0n) is 13.1. The summed E-state index contributed by atoms with van der Waals surface area (Å²) in [5.41, 5.74) is 1.73. The van der Waals surface area contributed by atoms with Crippen molar-refractivity contribution in [3.8, 4) is 0 Å². The topological polar surface area (TPSA) is 51.1 Å². The van der Waals surface area contributed by atoms with E-state index in [0.717, 1.165) is 25.1 Å². The summed E-state index contributed by atoms with van der Waals surface area (Å²) < 4.78 is 10.6. The molecule has 0 amide bonds. The first-order valence-corrected chi connectivity index (χ1v) is 8.06. The molecule has 0 atom stereocenters. The van der Waals surface area contributed by atoms with E-state index in [-0.39, 0.29) is 5.97 Å². The second-order valence-corrected chi connectivity index (χ2v) is 6.04. The average molecular weight is 310 g/mol. The van der Waals surface area contributed by atoms with E-state index in [1.807, 2.05) is 20.8 Å². The minimum atomic E-state index is -0.275. The van der Waals surface area contributed by atoms with Gasteiger partial charge in [-0.3, -0.25) is 0 Å². The highest BCUT2D eigenvalue weighted by Gasteiger charge is 2.27. The second kappa shape index (κ2) is 7.04. The monoisotopic (exact) mass is 310 g/mol. The largest absolute Gasteiger partial charge is 0.481 e. The molecule has 21 heavy (non-hydrogen) atoms. The third-order valence-corrected chi connectivity index (χ3v) is 4.43. The Hall–Kier alpha value is -1.40. The van der Waals surface area contributed by atoms with Gasteiger partial charge < -0.3 is 14.4 Å². The van der Waals surface area contributed by atoms with Crippen LogP contribution in [0.3, 0.4) is 0 Å². The summed E-state index contributed by atoms with van der Waals surface area (Å²) in [4.78, 5) is 20.2. The number of hydrogen-bond acceptors (Lipinski definition) is 6. The lowest BCUT2D eigenvalue weighted by molar-refractivity contribution is 0.0526. The van der Waals surface area contributed by atoms with E-state index in [9.17, 15) is 4.79 Å². The molecule has 0 aromatic carbocycles. The Bertz CT molecular complexity index is 551. The summed E-state index contributed by atoms with van der Waals surface area (Å²) in [6, 6.07) is 0. The summed E-state index contributed by atoms with van der Waals surface area (Å²) in [6.07, 6.45) is 0.861. The molecule has 0 N–H and O–H groups in total. The smallest absolute Gasteiger partial charge is 0.341 e. The van der Waals surface area contributed by atoms with Crippen molar-refractivity contribution in [3.63, 3.8) is 0 Å². The highest BCUT2D eigenvalue weighted by atomic mass is 32.1. The Morgan fingerprint density at radius 2 is 2.05 bits per heavy atom. The van der Waals surface area contributed by atoms with Gasteiger partial charge in [-0.15, -0.1) is 11.3 Å². The fourth-order valence-electron chi connectivity index (χ4n) is 2.39. The van der Waals surface area contributed by atoms with Crippen LogP contribution in [0.5, 0.6) is 0 Å². The molecule has 0 radical (unpaired) electrons. The normalized spacial score (nSPS) is 15.7. The van der Waals surface area contributed by atoms with E-state index >= 15 is 0 Å². The van der Waals surface area contributed by atoms with Crippen molar-refractivity contribution in [2.24, 2.45) is 4.99 Å². The lowest BCUT2D eigenvalue weighted by atomic mass is 10.0. The SMILES string of the molecule is CCOC(=O)c1c(/N=C(\C)OCC)sc2c1CCN(C)C2. The number of thiophene rings is 1. The first kappa shape index (κ1) is 16.0. The molecule has 2 rings (SSSR count). The van der Waals surface area contributed by atoms with Gasteiger partial charge in [0.25, 0.3) is 0 Å². The molecule has 0 spiro atoms. The Kier molecular flexibility index (Phi) is 5.36. The number of rotatable bonds is 4. The van der Waals surface area contributed by atoms with E-state index in [0.29, 0.717) is 29.7 Å². The molecule has 0 unspecified atom stereocenters. The van der Waals surface area contributed by atoms with Gasteiger partial charge in [0.1, 0.15) is 10.6 Å². The number of ether oxygens (including phenoxy) is 2. The molecule has 5 nitrogen and oxygen atoms in total. The molecule has 0 saturated heterocycles. The third kappa shape index (κ3) is 3.63. The van der Waals surface area contributed by atoms with Crippen LogP contribution < -0.4 is 0 Å². The quantitative estimate of drug-likeness (QED) is 0.487. The molecule has 1 aliphatic rings. The molecular weight excluding hydrogens is 288 g/mol. The van der Waals surface area contributed by atoms with Crippen molar-refractivity contribution in [2.75, 3.05) is 26.8 Å². The van der Waals surface area contributed by atoms with E-state index < -0.39 is 0 Å². The van der Waals surface area contributed by atoms with Crippen molar-refractivity contribution in [1.29, 1.82) is 0 Å². The Morgan fingerprint density at radius 1 is 1.33 bits per heavy atom. The van der Waals surface area contributed by atoms with Crippen molar-refractivity contribution in [1.82, 2.24) is 4.90 Å². The molecule has 1 aromatic rings. The number of nitrogens with zero attached hydrogens (tertiary/aromatic N) is 2. The molecule has 0 aliphatic carbocycles. The summed E-state index contributed by atoms with van der Waals surface area (Å²) in [5, 5.41) is 0.708. The standard InChI is InChI=1S/C15H22N2O3S/c1-5-19-10(3)16-14-13(15(18)20-6-2)11-7-8-17(4)9-12(11)21-14/h5-9H2,1-4H3/b16-10+. The van der Waals surface area contributed by atoms with Gasteiger partial charge in [-0.2, -0.15) is 0 Å². The maximum absolute atomic E-state index is 12.3. The zero-order chi connectivity index (χ0) is 15.4. The van der Waals surface area contributed by atoms with Crippen LogP contribution in [-0.2, 0) is 22.4 Å². The molecule has 0 saturated carbocycles. The molecular formula is C15H22N2O3S. The molecule has 116 valence electrons. The summed E-state index contributed by atoms with van der Waals surface area (Å²) >= 11 is 1.56. The van der Waals surface area contributed by atoms with Gasteiger partial charge in [0.2, 0.25) is 0 Å². The van der Waals surface area contributed by atoms with Gasteiger partial charge >= 0.3 is 5.97 Å². The predicted molar refractivity (Wildman–Crippen MR) is 84.7 cm³/mol. The Labute approximate surface area is 129 Å². The Morgan fingerprint density at radius 3 is 2.71 bits per heavy atom. The van der Waals surface area contributed by atoms with Crippen LogP contribution in [0.4, 0.5) is 5.00 Å². The van der Waals surface area contributed by atoms with Gasteiger partial charge in [-0.25, -0.2) is 9.79 Å². The molecule has 6 heteroatoms. The first-order valence-electron chi connectivity index (χ1n) is 7.25. The minimum Gasteiger partial charge on any atom is -0.481 e. The van der Waals surface area contributed by atoms with E-state index in [1.54, 1.807) is 11.3 Å². The van der Waals surface area contributed by atoms with Gasteiger partial charge in [0.15, 0.2) is 5.90 Å². The van der Waals surface area contributed by atoms with Gasteiger partial charge in [0, 0.05) is 24.9 Å². The summed E-state index contributed by atoms with van der Waals surface area (Å²) in [7, 11) is 2.08. The maximum atomic E-state index is 12.3. The van der Waals surface area contributed by atoms with Crippen molar-refractivity contribution in [3.05, 3.63) is 16.0 Å². The maximum Gasteiger partial charge on any atom is 0.341 e. The van der Waals surface area contributed by atoms with Gasteiger partial charge in [0.05, 0.1) is 13.2 Å². The van der Waals surface area contributed by atoms with Crippen LogP contribution in [0.25, 0.3) is 0 Å². The Balaban J connectivity index is 2.43. The van der Waals surface area contributed by atoms with E-state index in [4.69, 9.17) is 9.47 Å². The highest BCUT2D eigenvalue weighted by molar-refractivity contribution is 7.16. The van der Waals surface area contributed by atoms with Crippen LogP contribution in [0.2, 0.25) is 0 Å². The number of esters is 1. The molecule has 0 bridgehead atoms. The molecule has 1 aromatic heterocycles. The number of hydrogen-bond donors (Lipinski definition) is 0. The summed E-state index contributed by atoms with van der Waals surface area (Å²) in [6.45, 7) is 8.29. The minimum absolute atomic E-state index is 0.275. The predicted octanol–water partition coefficient (Wildman–Crippen LogP) is 3.00. The first-order chi connectivity index (χ1) is 10.1. The van der Waals surface area contributed by atoms with Crippen molar-refractivity contribution in [2.45, 2.75) is 33.7 Å². The molecule has 2 heterocycles. The number of carbonyl (C=O) groups excluding carboxylic acids is 1. The van der Waals surface area contributed by atoms with Crippen LogP contribution in [0.1, 0.15) is 41.6 Å². The number of aliphatic imine (C=N–C) groups is 1. The lowest BCUT2D eigenvalue weighted by Gasteiger charge is -2.22. The molecule has 0 fully saturated rings. The van der Waals surface area contributed by atoms with Crippen LogP contribution in [0.15, 0.2) is 4.99 Å². The highest BCUT2D eigenvalue weighted by Crippen LogP contribution is 2.39. The number of fused-ring (bicyclic) bond motifs is 1. The number of carbonyl (C=O) groups is 1. The van der Waals surface area contributed by atoms with Crippen molar-refractivity contribution < 1.29 is 14.3 Å². The average Bonchev–Trinajstić information content (AvgIpc) is 2.75. The van der Waals surface area contributed by atoms with E-state index in [1.165, 1.54) is 4.88 Å². The fourth-order valence-corrected chi connectivity index (χ4v) is 3.72. The number of likely N-dealkylation sites (N-methyl/N-ethyl adjacent to an activating group) is 1. The second-order valence-electron chi connectivity index (χ2n) is 4.96. The van der Waals surface area contributed by atoms with Crippen LogP contribution >= 0.6 is 11.3 Å². The van der Waals surface area contributed by atoms with Crippen molar-refractivity contribution >= 4 is 28.2 Å². The van der Waals surface area contributed by atoms with Crippen LogP contribution in [0, 0.1) is 0 Å². The molecule has 1 aliphatic heterocycles. The van der Waals surface area contributed by atoms with Crippen LogP contribution in [-0.4, -0.2) is 43.6 Å². The summed E-state index contributed by atoms with van der Waals surface area (Å²) in [5.74, 6) is 0.303. The van der Waals surface area contributed by atoms with Gasteiger partial charge in [-0.1, -0.05) is 0 Å². The van der Waals surface area contributed by atoms with Gasteiger partial charge in [-0.05, 0) is 32.9 Å².